The van der Waals surface area contributed by atoms with Gasteiger partial charge < -0.3 is 9.88 Å². The van der Waals surface area contributed by atoms with Gasteiger partial charge in [0.05, 0.1) is 17.6 Å². The Bertz CT molecular complexity index is 1280. The van der Waals surface area contributed by atoms with E-state index in [-0.39, 0.29) is 12.3 Å². The number of nitrogens with one attached hydrogen (secondary N) is 1. The SMILES string of the molecule is Cc1nc2c(C#N)cnn2c(C)c1CCC(=O)Nc1ccc(Cl)cc1-n1cccc1. The maximum absolute atomic E-state index is 12.7. The highest BCUT2D eigenvalue weighted by Gasteiger charge is 2.15. The van der Waals surface area contributed by atoms with Gasteiger partial charge in [-0.25, -0.2) is 9.50 Å². The van der Waals surface area contributed by atoms with Crippen molar-refractivity contribution in [3.63, 3.8) is 0 Å². The van der Waals surface area contributed by atoms with E-state index in [1.807, 2.05) is 49.0 Å². The number of hydrogen-bond donors (Lipinski definition) is 1. The van der Waals surface area contributed by atoms with E-state index in [4.69, 9.17) is 11.6 Å². The van der Waals surface area contributed by atoms with Crippen LogP contribution in [0.1, 0.15) is 28.9 Å². The number of carbonyl (C=O) groups excluding carboxylic acids is 1. The summed E-state index contributed by atoms with van der Waals surface area (Å²) in [6, 6.07) is 11.3. The number of aromatic nitrogens is 4. The number of anilines is 1. The smallest absolute Gasteiger partial charge is 0.224 e. The van der Waals surface area contributed by atoms with Crippen molar-refractivity contribution in [2.45, 2.75) is 26.7 Å². The Morgan fingerprint density at radius 2 is 2.03 bits per heavy atom. The predicted octanol–water partition coefficient (Wildman–Crippen LogP) is 4.23. The molecule has 4 aromatic rings. The summed E-state index contributed by atoms with van der Waals surface area (Å²) >= 11 is 6.14. The molecule has 0 spiro atoms. The fourth-order valence-electron chi connectivity index (χ4n) is 3.52. The number of amides is 1. The first kappa shape index (κ1) is 19.7. The van der Waals surface area contributed by atoms with Crippen molar-refractivity contribution >= 4 is 28.8 Å². The Labute approximate surface area is 178 Å². The highest BCUT2D eigenvalue weighted by Crippen LogP contribution is 2.25. The third-order valence-corrected chi connectivity index (χ3v) is 5.28. The molecule has 0 aliphatic heterocycles. The topological polar surface area (TPSA) is 88.0 Å². The number of nitriles is 1. The molecule has 3 heterocycles. The van der Waals surface area contributed by atoms with Crippen LogP contribution in [0.5, 0.6) is 0 Å². The lowest BCUT2D eigenvalue weighted by molar-refractivity contribution is -0.116. The third kappa shape index (κ3) is 3.65. The second kappa shape index (κ2) is 8.01. The zero-order chi connectivity index (χ0) is 21.3. The molecule has 0 radical (unpaired) electrons. The van der Waals surface area contributed by atoms with Gasteiger partial charge in [-0.05, 0) is 56.2 Å². The van der Waals surface area contributed by atoms with E-state index < -0.39 is 0 Å². The van der Waals surface area contributed by atoms with Gasteiger partial charge in [0.25, 0.3) is 0 Å². The summed E-state index contributed by atoms with van der Waals surface area (Å²) in [6.45, 7) is 3.81. The lowest BCUT2D eigenvalue weighted by atomic mass is 10.1. The third-order valence-electron chi connectivity index (χ3n) is 5.05. The summed E-state index contributed by atoms with van der Waals surface area (Å²) in [4.78, 5) is 17.2. The maximum Gasteiger partial charge on any atom is 0.224 e. The fraction of sp³-hybridized carbons (Fsp3) is 0.182. The number of nitrogens with zero attached hydrogens (tertiary/aromatic N) is 5. The van der Waals surface area contributed by atoms with Gasteiger partial charge in [-0.1, -0.05) is 11.6 Å². The number of fused-ring (bicyclic) bond motifs is 1. The summed E-state index contributed by atoms with van der Waals surface area (Å²) in [7, 11) is 0. The number of halogens is 1. The molecule has 0 bridgehead atoms. The van der Waals surface area contributed by atoms with Gasteiger partial charge in [0.1, 0.15) is 11.6 Å². The Morgan fingerprint density at radius 1 is 1.27 bits per heavy atom. The monoisotopic (exact) mass is 418 g/mol. The van der Waals surface area contributed by atoms with Crippen LogP contribution < -0.4 is 5.32 Å². The lowest BCUT2D eigenvalue weighted by Crippen LogP contribution is -2.15. The van der Waals surface area contributed by atoms with E-state index in [9.17, 15) is 10.1 Å². The van der Waals surface area contributed by atoms with Gasteiger partial charge in [-0.2, -0.15) is 10.4 Å². The predicted molar refractivity (Wildman–Crippen MR) is 115 cm³/mol. The van der Waals surface area contributed by atoms with Crippen molar-refractivity contribution in [3.05, 3.63) is 76.5 Å². The summed E-state index contributed by atoms with van der Waals surface area (Å²) in [5, 5.41) is 17.0. The molecule has 4 rings (SSSR count). The molecular weight excluding hydrogens is 400 g/mol. The van der Waals surface area contributed by atoms with Crippen LogP contribution in [0.4, 0.5) is 5.69 Å². The van der Waals surface area contributed by atoms with E-state index in [0.717, 1.165) is 22.6 Å². The molecule has 1 amide bonds. The second-order valence-corrected chi connectivity index (χ2v) is 7.40. The molecular formula is C22H19ClN6O. The van der Waals surface area contributed by atoms with Crippen molar-refractivity contribution in [1.82, 2.24) is 19.2 Å². The highest BCUT2D eigenvalue weighted by atomic mass is 35.5. The molecule has 30 heavy (non-hydrogen) atoms. The fourth-order valence-corrected chi connectivity index (χ4v) is 3.69. The van der Waals surface area contributed by atoms with Crippen LogP contribution in [0.3, 0.4) is 0 Å². The summed E-state index contributed by atoms with van der Waals surface area (Å²) in [5.41, 5.74) is 5.09. The van der Waals surface area contributed by atoms with Crippen molar-refractivity contribution in [1.29, 1.82) is 5.26 Å². The zero-order valence-electron chi connectivity index (χ0n) is 16.6. The van der Waals surface area contributed by atoms with Gasteiger partial charge >= 0.3 is 0 Å². The zero-order valence-corrected chi connectivity index (χ0v) is 17.3. The normalized spacial score (nSPS) is 10.9. The largest absolute Gasteiger partial charge is 0.324 e. The standard InChI is InChI=1S/C22H19ClN6O/c1-14-18(15(2)29-22(26-14)16(12-24)13-25-29)6-8-21(30)27-19-7-5-17(23)11-20(19)28-9-3-4-10-28/h3-5,7,9-11,13H,6,8H2,1-2H3,(H,27,30). The minimum atomic E-state index is -0.109. The molecule has 0 saturated carbocycles. The number of hydrogen-bond acceptors (Lipinski definition) is 4. The maximum atomic E-state index is 12.7. The van der Waals surface area contributed by atoms with Crippen LogP contribution in [0.25, 0.3) is 11.3 Å². The second-order valence-electron chi connectivity index (χ2n) is 6.97. The van der Waals surface area contributed by atoms with E-state index in [0.29, 0.717) is 28.3 Å². The molecule has 0 aliphatic carbocycles. The quantitative estimate of drug-likeness (QED) is 0.525. The van der Waals surface area contributed by atoms with Crippen LogP contribution in [-0.4, -0.2) is 25.1 Å². The van der Waals surface area contributed by atoms with Crippen molar-refractivity contribution in [2.24, 2.45) is 0 Å². The van der Waals surface area contributed by atoms with Crippen LogP contribution in [0.15, 0.2) is 48.9 Å². The Hall–Kier alpha value is -3.63. The molecule has 0 fully saturated rings. The number of rotatable bonds is 5. The van der Waals surface area contributed by atoms with E-state index in [1.54, 1.807) is 16.6 Å². The van der Waals surface area contributed by atoms with Crippen LogP contribution in [0.2, 0.25) is 5.02 Å². The number of carbonyl (C=O) groups is 1. The average molecular weight is 419 g/mol. The minimum absolute atomic E-state index is 0.109. The van der Waals surface area contributed by atoms with Crippen molar-refractivity contribution in [3.8, 4) is 11.8 Å². The van der Waals surface area contributed by atoms with E-state index in [2.05, 4.69) is 21.5 Å². The Balaban J connectivity index is 1.54. The van der Waals surface area contributed by atoms with Crippen molar-refractivity contribution < 1.29 is 4.79 Å². The molecule has 0 atom stereocenters. The van der Waals surface area contributed by atoms with E-state index >= 15 is 0 Å². The summed E-state index contributed by atoms with van der Waals surface area (Å²) < 4.78 is 3.56. The first-order valence-corrected chi connectivity index (χ1v) is 9.82. The molecule has 0 aliphatic rings. The summed E-state index contributed by atoms with van der Waals surface area (Å²) in [6.07, 6.45) is 6.10. The Kier molecular flexibility index (Phi) is 5.25. The molecule has 1 N–H and O–H groups in total. The molecule has 1 aromatic carbocycles. The number of benzene rings is 1. The lowest BCUT2D eigenvalue weighted by Gasteiger charge is -2.14. The molecule has 7 nitrogen and oxygen atoms in total. The van der Waals surface area contributed by atoms with Crippen LogP contribution >= 0.6 is 11.6 Å². The number of aryl methyl sites for hydroxylation is 2. The van der Waals surface area contributed by atoms with Crippen LogP contribution in [0, 0.1) is 25.2 Å². The van der Waals surface area contributed by atoms with Crippen molar-refractivity contribution in [2.75, 3.05) is 5.32 Å². The molecule has 0 unspecified atom stereocenters. The van der Waals surface area contributed by atoms with E-state index in [1.165, 1.54) is 6.20 Å². The first-order chi connectivity index (χ1) is 14.5. The van der Waals surface area contributed by atoms with Gasteiger partial charge in [-0.15, -0.1) is 0 Å². The minimum Gasteiger partial charge on any atom is -0.324 e. The van der Waals surface area contributed by atoms with Gasteiger partial charge in [0, 0.05) is 35.2 Å². The van der Waals surface area contributed by atoms with Crippen LogP contribution in [-0.2, 0) is 11.2 Å². The molecule has 150 valence electrons. The molecule has 8 heteroatoms. The first-order valence-electron chi connectivity index (χ1n) is 9.44. The summed E-state index contributed by atoms with van der Waals surface area (Å²) in [5.74, 6) is -0.109. The average Bonchev–Trinajstić information content (AvgIpc) is 3.39. The molecule has 3 aromatic heterocycles. The van der Waals surface area contributed by atoms with Gasteiger partial charge in [0.15, 0.2) is 5.65 Å². The molecule has 0 saturated heterocycles. The van der Waals surface area contributed by atoms with Gasteiger partial charge in [0.2, 0.25) is 5.91 Å². The highest BCUT2D eigenvalue weighted by molar-refractivity contribution is 6.30. The Morgan fingerprint density at radius 3 is 2.77 bits per heavy atom. The van der Waals surface area contributed by atoms with Gasteiger partial charge in [-0.3, -0.25) is 4.79 Å².